The van der Waals surface area contributed by atoms with E-state index in [1.54, 1.807) is 27.6 Å². The number of hydrogen-bond acceptors (Lipinski definition) is 6. The van der Waals surface area contributed by atoms with Gasteiger partial charge >= 0.3 is 5.97 Å². The number of amides is 2. The van der Waals surface area contributed by atoms with E-state index in [2.05, 4.69) is 13.2 Å². The third-order valence-electron chi connectivity index (χ3n) is 8.77. The molecule has 1 aromatic carbocycles. The highest BCUT2D eigenvalue weighted by atomic mass is 32.2. The van der Waals surface area contributed by atoms with Gasteiger partial charge in [-0.1, -0.05) is 69.3 Å². The van der Waals surface area contributed by atoms with Crippen LogP contribution in [-0.2, 0) is 25.7 Å². The van der Waals surface area contributed by atoms with Gasteiger partial charge in [-0.15, -0.1) is 18.3 Å². The maximum atomic E-state index is 14.6. The lowest BCUT2D eigenvalue weighted by molar-refractivity contribution is -0.155. The zero-order valence-electron chi connectivity index (χ0n) is 22.7. The molecule has 1 aromatic rings. The van der Waals surface area contributed by atoms with E-state index in [1.165, 1.54) is 6.08 Å². The van der Waals surface area contributed by atoms with Crippen LogP contribution in [0.25, 0.3) is 0 Å². The monoisotopic (exact) mass is 540 g/mol. The summed E-state index contributed by atoms with van der Waals surface area (Å²) in [4.78, 5) is 45.7. The normalized spacial score (nSPS) is 31.0. The van der Waals surface area contributed by atoms with E-state index in [0.29, 0.717) is 25.9 Å². The molecule has 4 rings (SSSR count). The fraction of sp³-hybridized carbons (Fsp3) is 0.567. The Hall–Kier alpha value is -2.58. The molecule has 0 aliphatic carbocycles. The van der Waals surface area contributed by atoms with Gasteiger partial charge in [0.2, 0.25) is 11.8 Å². The van der Waals surface area contributed by atoms with Crippen molar-refractivity contribution in [3.8, 4) is 0 Å². The van der Waals surface area contributed by atoms with E-state index < -0.39 is 39.4 Å². The van der Waals surface area contributed by atoms with Crippen LogP contribution in [0, 0.1) is 17.8 Å². The van der Waals surface area contributed by atoms with Gasteiger partial charge in [0.05, 0.1) is 29.2 Å². The Morgan fingerprint density at radius 3 is 2.58 bits per heavy atom. The minimum atomic E-state index is -0.793. The summed E-state index contributed by atoms with van der Waals surface area (Å²) in [7, 11) is 0. The standard InChI is InChI=1S/C30H40N2O5S/c1-6-16-31(18-21-12-10-9-11-13-21)27(35)25-30-15-14-29(5,38-30)24(28(36)37-17-7-2)23(30)26(34)32(25)22(19-33)20(4)8-3/h6-7,9-13,20,22-25,33H,1-2,8,14-19H2,3-5H3/t20-,22-,23-,24-,25?,29+,30?/m0/s1. The molecule has 2 unspecified atom stereocenters. The van der Waals surface area contributed by atoms with E-state index in [9.17, 15) is 19.5 Å². The Labute approximate surface area is 230 Å². The summed E-state index contributed by atoms with van der Waals surface area (Å²) < 4.78 is 4.23. The number of aliphatic hydroxyl groups excluding tert-OH is 1. The average Bonchev–Trinajstić information content (AvgIpc) is 3.48. The number of fused-ring (bicyclic) bond motifs is 1. The number of hydrogen-bond donors (Lipinski definition) is 1. The van der Waals surface area contributed by atoms with E-state index in [1.807, 2.05) is 51.1 Å². The highest BCUT2D eigenvalue weighted by Gasteiger charge is 2.78. The van der Waals surface area contributed by atoms with Gasteiger partial charge in [-0.2, -0.15) is 0 Å². The Bertz CT molecular complexity index is 1080. The molecule has 2 amide bonds. The topological polar surface area (TPSA) is 87.1 Å². The second kappa shape index (κ2) is 11.3. The summed E-state index contributed by atoms with van der Waals surface area (Å²) in [6, 6.07) is 8.43. The minimum Gasteiger partial charge on any atom is -0.461 e. The molecule has 3 heterocycles. The molecule has 3 saturated heterocycles. The highest BCUT2D eigenvalue weighted by Crippen LogP contribution is 2.72. The zero-order valence-corrected chi connectivity index (χ0v) is 23.5. The average molecular weight is 541 g/mol. The van der Waals surface area contributed by atoms with E-state index in [0.717, 1.165) is 12.0 Å². The van der Waals surface area contributed by atoms with Gasteiger partial charge in [0, 0.05) is 17.8 Å². The number of carbonyl (C=O) groups excluding carboxylic acids is 3. The molecule has 1 spiro atoms. The SMILES string of the molecule is C=CCOC(=O)[C@@H]1[C@H]2C(=O)N([C@@H](CO)[C@@H](C)CC)C(C(=O)N(CC=C)Cc3ccccc3)C23CC[C@@]1(C)S3. The van der Waals surface area contributed by atoms with Crippen LogP contribution in [0.4, 0.5) is 0 Å². The first-order chi connectivity index (χ1) is 18.2. The number of rotatable bonds is 12. The molecule has 0 radical (unpaired) electrons. The molecule has 0 saturated carbocycles. The minimum absolute atomic E-state index is 0.0274. The van der Waals surface area contributed by atoms with Crippen LogP contribution in [0.3, 0.4) is 0 Å². The van der Waals surface area contributed by atoms with Crippen molar-refractivity contribution in [1.29, 1.82) is 0 Å². The molecule has 206 valence electrons. The van der Waals surface area contributed by atoms with Gasteiger partial charge in [-0.3, -0.25) is 14.4 Å². The zero-order chi connectivity index (χ0) is 27.7. The van der Waals surface area contributed by atoms with E-state index in [4.69, 9.17) is 4.74 Å². The Balaban J connectivity index is 1.81. The smallest absolute Gasteiger partial charge is 0.311 e. The molecule has 7 nitrogen and oxygen atoms in total. The first-order valence-corrected chi connectivity index (χ1v) is 14.3. The van der Waals surface area contributed by atoms with Gasteiger partial charge in [0.1, 0.15) is 12.6 Å². The predicted octanol–water partition coefficient (Wildman–Crippen LogP) is 3.82. The molecule has 3 aliphatic rings. The van der Waals surface area contributed by atoms with Gasteiger partial charge < -0.3 is 19.6 Å². The lowest BCUT2D eigenvalue weighted by Crippen LogP contribution is -2.58. The lowest BCUT2D eigenvalue weighted by atomic mass is 9.66. The first kappa shape index (κ1) is 28.4. The van der Waals surface area contributed by atoms with Crippen LogP contribution in [0.1, 0.15) is 45.6 Å². The van der Waals surface area contributed by atoms with Gasteiger partial charge in [-0.25, -0.2) is 0 Å². The second-order valence-electron chi connectivity index (χ2n) is 11.0. The molecular weight excluding hydrogens is 500 g/mol. The number of carbonyl (C=O) groups is 3. The van der Waals surface area contributed by atoms with Crippen molar-refractivity contribution >= 4 is 29.5 Å². The maximum Gasteiger partial charge on any atom is 0.311 e. The lowest BCUT2D eigenvalue weighted by Gasteiger charge is -2.41. The number of aliphatic hydroxyl groups is 1. The van der Waals surface area contributed by atoms with Crippen LogP contribution in [0.2, 0.25) is 0 Å². The van der Waals surface area contributed by atoms with Crippen LogP contribution in [0.5, 0.6) is 0 Å². The van der Waals surface area contributed by atoms with Crippen molar-refractivity contribution in [1.82, 2.24) is 9.80 Å². The van der Waals surface area contributed by atoms with Crippen molar-refractivity contribution in [3.63, 3.8) is 0 Å². The quantitative estimate of drug-likeness (QED) is 0.320. The second-order valence-corrected chi connectivity index (χ2v) is 12.9. The van der Waals surface area contributed by atoms with Gasteiger partial charge in [-0.05, 0) is 31.2 Å². The third kappa shape index (κ3) is 4.60. The molecular formula is C30H40N2O5S. The number of ether oxygens (including phenoxy) is 1. The summed E-state index contributed by atoms with van der Waals surface area (Å²) in [6.45, 7) is 14.1. The molecule has 38 heavy (non-hydrogen) atoms. The molecule has 2 bridgehead atoms. The summed E-state index contributed by atoms with van der Waals surface area (Å²) in [5.74, 6) is -2.17. The molecule has 3 fully saturated rings. The number of nitrogens with zero attached hydrogens (tertiary/aromatic N) is 2. The molecule has 1 N–H and O–H groups in total. The van der Waals surface area contributed by atoms with Crippen molar-refractivity contribution in [2.75, 3.05) is 19.8 Å². The predicted molar refractivity (Wildman–Crippen MR) is 149 cm³/mol. The Morgan fingerprint density at radius 1 is 1.26 bits per heavy atom. The number of esters is 1. The fourth-order valence-electron chi connectivity index (χ4n) is 6.77. The van der Waals surface area contributed by atoms with Crippen LogP contribution >= 0.6 is 11.8 Å². The fourth-order valence-corrected chi connectivity index (χ4v) is 9.09. The Morgan fingerprint density at radius 2 is 1.97 bits per heavy atom. The van der Waals surface area contributed by atoms with Gasteiger partial charge in [0.25, 0.3) is 0 Å². The summed E-state index contributed by atoms with van der Waals surface area (Å²) in [5.41, 5.74) is 0.981. The summed E-state index contributed by atoms with van der Waals surface area (Å²) >= 11 is 1.61. The molecule has 0 aromatic heterocycles. The first-order valence-electron chi connectivity index (χ1n) is 13.5. The third-order valence-corrected chi connectivity index (χ3v) is 10.8. The number of benzene rings is 1. The van der Waals surface area contributed by atoms with Gasteiger partial charge in [0.15, 0.2) is 0 Å². The van der Waals surface area contributed by atoms with Crippen LogP contribution in [-0.4, -0.2) is 74.0 Å². The highest BCUT2D eigenvalue weighted by molar-refractivity contribution is 8.02. The van der Waals surface area contributed by atoms with Crippen LogP contribution < -0.4 is 0 Å². The summed E-state index contributed by atoms with van der Waals surface area (Å²) in [6.07, 6.45) is 5.32. The van der Waals surface area contributed by atoms with Crippen molar-refractivity contribution < 1.29 is 24.2 Å². The Kier molecular flexibility index (Phi) is 8.43. The van der Waals surface area contributed by atoms with E-state index in [-0.39, 0.29) is 30.9 Å². The molecule has 3 aliphatic heterocycles. The van der Waals surface area contributed by atoms with Crippen molar-refractivity contribution in [2.45, 2.75) is 68.2 Å². The largest absolute Gasteiger partial charge is 0.461 e. The maximum absolute atomic E-state index is 14.6. The summed E-state index contributed by atoms with van der Waals surface area (Å²) in [5, 5.41) is 10.5. The molecule has 7 atom stereocenters. The van der Waals surface area contributed by atoms with E-state index >= 15 is 0 Å². The van der Waals surface area contributed by atoms with Crippen molar-refractivity contribution in [3.05, 3.63) is 61.2 Å². The van der Waals surface area contributed by atoms with Crippen molar-refractivity contribution in [2.24, 2.45) is 17.8 Å². The van der Waals surface area contributed by atoms with Crippen LogP contribution in [0.15, 0.2) is 55.6 Å². The number of thioether (sulfide) groups is 1. The number of likely N-dealkylation sites (tertiary alicyclic amines) is 1. The molecule has 8 heteroatoms.